The highest BCUT2D eigenvalue weighted by Gasteiger charge is 2.25. The van der Waals surface area contributed by atoms with Gasteiger partial charge in [-0.2, -0.15) is 0 Å². The van der Waals surface area contributed by atoms with Gasteiger partial charge < -0.3 is 4.74 Å². The van der Waals surface area contributed by atoms with Gasteiger partial charge in [0.05, 0.1) is 12.2 Å². The molecular weight excluding hydrogens is 184 g/mol. The molecule has 2 aliphatic rings. The van der Waals surface area contributed by atoms with Gasteiger partial charge in [0.15, 0.2) is 0 Å². The molecule has 0 aromatic rings. The molecular formula is C14H22O. The van der Waals surface area contributed by atoms with Crippen molar-refractivity contribution in [1.29, 1.82) is 0 Å². The van der Waals surface area contributed by atoms with Crippen molar-refractivity contribution in [2.45, 2.75) is 51.7 Å². The van der Waals surface area contributed by atoms with Crippen molar-refractivity contribution in [3.63, 3.8) is 0 Å². The van der Waals surface area contributed by atoms with Gasteiger partial charge in [0.1, 0.15) is 0 Å². The predicted octanol–water partition coefficient (Wildman–Crippen LogP) is 3.71. The Bertz CT molecular complexity index is 228. The molecule has 1 heteroatoms. The Morgan fingerprint density at radius 2 is 1.33 bits per heavy atom. The minimum atomic E-state index is 0.453. The van der Waals surface area contributed by atoms with Crippen LogP contribution in [0.1, 0.15) is 39.5 Å². The average molecular weight is 206 g/mol. The number of ether oxygens (including phenoxy) is 1. The quantitative estimate of drug-likeness (QED) is 0.626. The summed E-state index contributed by atoms with van der Waals surface area (Å²) in [6, 6.07) is 0. The maximum absolute atomic E-state index is 6.25. The summed E-state index contributed by atoms with van der Waals surface area (Å²) in [5.74, 6) is 1.19. The second-order valence-corrected chi connectivity index (χ2v) is 4.94. The maximum atomic E-state index is 6.25. The van der Waals surface area contributed by atoms with Gasteiger partial charge in [-0.15, -0.1) is 0 Å². The van der Waals surface area contributed by atoms with Crippen molar-refractivity contribution < 1.29 is 4.74 Å². The zero-order chi connectivity index (χ0) is 10.7. The first kappa shape index (κ1) is 10.9. The van der Waals surface area contributed by atoms with Crippen molar-refractivity contribution in [2.75, 3.05) is 0 Å². The Labute approximate surface area is 93.2 Å². The molecule has 1 nitrogen and oxygen atoms in total. The molecule has 4 atom stereocenters. The summed E-state index contributed by atoms with van der Waals surface area (Å²) in [6.07, 6.45) is 14.9. The molecule has 0 aromatic carbocycles. The van der Waals surface area contributed by atoms with Crippen LogP contribution in [0.25, 0.3) is 0 Å². The van der Waals surface area contributed by atoms with E-state index in [1.54, 1.807) is 0 Å². The van der Waals surface area contributed by atoms with Gasteiger partial charge in [0.2, 0.25) is 0 Å². The first-order valence-electron chi connectivity index (χ1n) is 6.26. The van der Waals surface area contributed by atoms with Gasteiger partial charge in [-0.05, 0) is 25.7 Å². The Balaban J connectivity index is 1.90. The van der Waals surface area contributed by atoms with E-state index in [-0.39, 0.29) is 0 Å². The molecule has 0 aromatic heterocycles. The Hall–Kier alpha value is -0.560. The fourth-order valence-corrected chi connectivity index (χ4v) is 2.52. The molecule has 4 unspecified atom stereocenters. The molecule has 0 saturated heterocycles. The van der Waals surface area contributed by atoms with Crippen molar-refractivity contribution in [3.8, 4) is 0 Å². The van der Waals surface area contributed by atoms with Crippen LogP contribution in [0.2, 0.25) is 0 Å². The smallest absolute Gasteiger partial charge is 0.0642 e. The zero-order valence-electron chi connectivity index (χ0n) is 9.86. The zero-order valence-corrected chi connectivity index (χ0v) is 9.86. The summed E-state index contributed by atoms with van der Waals surface area (Å²) >= 11 is 0. The third-order valence-electron chi connectivity index (χ3n) is 3.64. The summed E-state index contributed by atoms with van der Waals surface area (Å²) < 4.78 is 6.25. The monoisotopic (exact) mass is 206 g/mol. The van der Waals surface area contributed by atoms with Gasteiger partial charge in [0.25, 0.3) is 0 Å². The van der Waals surface area contributed by atoms with Crippen LogP contribution >= 0.6 is 0 Å². The molecule has 15 heavy (non-hydrogen) atoms. The van der Waals surface area contributed by atoms with Crippen LogP contribution in [-0.4, -0.2) is 12.2 Å². The van der Waals surface area contributed by atoms with Crippen LogP contribution < -0.4 is 0 Å². The molecule has 0 fully saturated rings. The van der Waals surface area contributed by atoms with E-state index in [1.165, 1.54) is 25.7 Å². The van der Waals surface area contributed by atoms with Gasteiger partial charge in [0, 0.05) is 11.8 Å². The van der Waals surface area contributed by atoms with Crippen LogP contribution in [0.4, 0.5) is 0 Å². The van der Waals surface area contributed by atoms with E-state index in [4.69, 9.17) is 4.74 Å². The van der Waals surface area contributed by atoms with Crippen molar-refractivity contribution in [3.05, 3.63) is 24.3 Å². The average Bonchev–Trinajstić information content (AvgIpc) is 2.24. The fraction of sp³-hybridized carbons (Fsp3) is 0.714. The molecule has 0 heterocycles. The molecule has 2 rings (SSSR count). The molecule has 84 valence electrons. The summed E-state index contributed by atoms with van der Waals surface area (Å²) in [7, 11) is 0. The molecule has 0 bridgehead atoms. The Morgan fingerprint density at radius 1 is 0.867 bits per heavy atom. The Morgan fingerprint density at radius 3 is 1.73 bits per heavy atom. The number of rotatable bonds is 2. The normalized spacial score (nSPS) is 40.7. The van der Waals surface area contributed by atoms with Crippen molar-refractivity contribution in [1.82, 2.24) is 0 Å². The predicted molar refractivity (Wildman–Crippen MR) is 63.7 cm³/mol. The molecule has 0 saturated carbocycles. The highest BCUT2D eigenvalue weighted by Crippen LogP contribution is 2.27. The van der Waals surface area contributed by atoms with Gasteiger partial charge in [-0.3, -0.25) is 0 Å². The van der Waals surface area contributed by atoms with E-state index in [0.29, 0.717) is 24.0 Å². The third kappa shape index (κ3) is 2.72. The van der Waals surface area contributed by atoms with Crippen LogP contribution in [0, 0.1) is 11.8 Å². The largest absolute Gasteiger partial charge is 0.374 e. The SMILES string of the molecule is CC1C=CCCC1OC1CCC=CC1C. The van der Waals surface area contributed by atoms with E-state index in [2.05, 4.69) is 38.2 Å². The highest BCUT2D eigenvalue weighted by molar-refractivity contribution is 4.99. The van der Waals surface area contributed by atoms with E-state index < -0.39 is 0 Å². The molecule has 0 N–H and O–H groups in total. The summed E-state index contributed by atoms with van der Waals surface area (Å²) in [5, 5.41) is 0. The lowest BCUT2D eigenvalue weighted by atomic mass is 9.91. The lowest BCUT2D eigenvalue weighted by Gasteiger charge is -2.33. The fourth-order valence-electron chi connectivity index (χ4n) is 2.52. The highest BCUT2D eigenvalue weighted by atomic mass is 16.5. The van der Waals surface area contributed by atoms with Gasteiger partial charge >= 0.3 is 0 Å². The first-order chi connectivity index (χ1) is 7.27. The molecule has 0 aliphatic heterocycles. The van der Waals surface area contributed by atoms with Gasteiger partial charge in [-0.1, -0.05) is 38.2 Å². The molecule has 0 spiro atoms. The number of hydrogen-bond acceptors (Lipinski definition) is 1. The lowest BCUT2D eigenvalue weighted by Crippen LogP contribution is -2.32. The number of allylic oxidation sites excluding steroid dienone is 2. The van der Waals surface area contributed by atoms with Crippen LogP contribution in [0.15, 0.2) is 24.3 Å². The van der Waals surface area contributed by atoms with Crippen molar-refractivity contribution in [2.24, 2.45) is 11.8 Å². The molecule has 2 aliphatic carbocycles. The topological polar surface area (TPSA) is 9.23 Å². The molecule has 0 radical (unpaired) electrons. The van der Waals surface area contributed by atoms with E-state index >= 15 is 0 Å². The maximum Gasteiger partial charge on any atom is 0.0642 e. The Kier molecular flexibility index (Phi) is 3.63. The van der Waals surface area contributed by atoms with E-state index in [0.717, 1.165) is 0 Å². The summed E-state index contributed by atoms with van der Waals surface area (Å²) in [6.45, 7) is 4.54. The number of hydrogen-bond donors (Lipinski definition) is 0. The minimum Gasteiger partial charge on any atom is -0.374 e. The summed E-state index contributed by atoms with van der Waals surface area (Å²) in [5.41, 5.74) is 0. The van der Waals surface area contributed by atoms with E-state index in [1.807, 2.05) is 0 Å². The first-order valence-corrected chi connectivity index (χ1v) is 6.26. The summed E-state index contributed by atoms with van der Waals surface area (Å²) in [4.78, 5) is 0. The van der Waals surface area contributed by atoms with Crippen molar-refractivity contribution >= 4 is 0 Å². The second-order valence-electron chi connectivity index (χ2n) is 4.94. The van der Waals surface area contributed by atoms with Gasteiger partial charge in [-0.25, -0.2) is 0 Å². The lowest BCUT2D eigenvalue weighted by molar-refractivity contribution is -0.0566. The standard InChI is InChI=1S/C14H22O/c1-11-7-3-5-9-13(11)15-14-10-6-4-8-12(14)2/h3-4,7-8,11-14H,5-6,9-10H2,1-2H3. The second kappa shape index (κ2) is 4.98. The van der Waals surface area contributed by atoms with Crippen LogP contribution in [-0.2, 0) is 4.74 Å². The van der Waals surface area contributed by atoms with Crippen LogP contribution in [0.5, 0.6) is 0 Å². The van der Waals surface area contributed by atoms with E-state index in [9.17, 15) is 0 Å². The van der Waals surface area contributed by atoms with Crippen LogP contribution in [0.3, 0.4) is 0 Å². The minimum absolute atomic E-state index is 0.453. The molecule has 0 amide bonds. The third-order valence-corrected chi connectivity index (χ3v) is 3.64.